The normalized spacial score (nSPS) is 19.6. The third-order valence-electron chi connectivity index (χ3n) is 2.34. The molecule has 0 radical (unpaired) electrons. The zero-order chi connectivity index (χ0) is 13.8. The van der Waals surface area contributed by atoms with Gasteiger partial charge < -0.3 is 0 Å². The minimum absolute atomic E-state index is 0.00139. The van der Waals surface area contributed by atoms with Crippen LogP contribution in [0, 0.1) is 40.5 Å². The SMILES string of the molecule is O=[N+]([O-])N1CN([N+](=O)[O-])C12N([N+](=O)[O-])N2[N+](=O)[O-]. The Hall–Kier alpha value is -3.20. The van der Waals surface area contributed by atoms with Crippen molar-refractivity contribution in [3.05, 3.63) is 40.5 Å². The molecule has 0 aromatic heterocycles. The average Bonchev–Trinajstić information content (AvgIpc) is 2.86. The molecular formula is C2H2N8O8. The molecule has 2 aliphatic heterocycles. The second-order valence-corrected chi connectivity index (χ2v) is 3.07. The van der Waals surface area contributed by atoms with Crippen LogP contribution in [-0.2, 0) is 0 Å². The van der Waals surface area contributed by atoms with E-state index in [0.717, 1.165) is 0 Å². The fourth-order valence-corrected chi connectivity index (χ4v) is 1.65. The molecule has 0 aromatic rings. The fourth-order valence-electron chi connectivity index (χ4n) is 1.65. The summed E-state index contributed by atoms with van der Waals surface area (Å²) in [7, 11) is 0. The molecule has 1 spiro atoms. The van der Waals surface area contributed by atoms with Crippen molar-refractivity contribution >= 4 is 0 Å². The van der Waals surface area contributed by atoms with Gasteiger partial charge in [-0.25, -0.2) is 40.5 Å². The van der Waals surface area contributed by atoms with Crippen LogP contribution in [0.2, 0.25) is 0 Å². The summed E-state index contributed by atoms with van der Waals surface area (Å²) in [5.74, 6) is -2.74. The maximum absolute atomic E-state index is 10.5. The third-order valence-corrected chi connectivity index (χ3v) is 2.34. The predicted molar refractivity (Wildman–Crippen MR) is 42.9 cm³/mol. The first-order chi connectivity index (χ1) is 8.26. The lowest BCUT2D eigenvalue weighted by Gasteiger charge is -2.31. The lowest BCUT2D eigenvalue weighted by molar-refractivity contribution is -0.828. The first-order valence-electron chi connectivity index (χ1n) is 3.99. The minimum Gasteiger partial charge on any atom is -0.234 e. The highest BCUT2D eigenvalue weighted by atomic mass is 16.8. The van der Waals surface area contributed by atoms with Crippen LogP contribution in [0.5, 0.6) is 0 Å². The molecule has 0 bridgehead atoms. The molecule has 16 heteroatoms. The maximum Gasteiger partial charge on any atom is 0.538 e. The summed E-state index contributed by atoms with van der Waals surface area (Å²) in [5.41, 5.74) is 0. The maximum atomic E-state index is 10.5. The van der Waals surface area contributed by atoms with Gasteiger partial charge >= 0.3 is 5.91 Å². The molecule has 2 rings (SSSR count). The van der Waals surface area contributed by atoms with E-state index < -0.39 is 32.7 Å². The largest absolute Gasteiger partial charge is 0.538 e. The van der Waals surface area contributed by atoms with Crippen molar-refractivity contribution in [1.29, 1.82) is 0 Å². The molecule has 0 amide bonds. The van der Waals surface area contributed by atoms with Gasteiger partial charge in [-0.1, -0.05) is 0 Å². The molecule has 16 nitrogen and oxygen atoms in total. The molecule has 0 unspecified atom stereocenters. The van der Waals surface area contributed by atoms with E-state index in [-0.39, 0.29) is 20.3 Å². The van der Waals surface area contributed by atoms with Gasteiger partial charge in [-0.2, -0.15) is 0 Å². The summed E-state index contributed by atoms with van der Waals surface area (Å²) >= 11 is 0. The molecule has 0 aromatic carbocycles. The fraction of sp³-hybridized carbons (Fsp3) is 1.00. The molecule has 98 valence electrons. The highest BCUT2D eigenvalue weighted by Crippen LogP contribution is 2.50. The zero-order valence-electron chi connectivity index (χ0n) is 8.05. The van der Waals surface area contributed by atoms with E-state index in [9.17, 15) is 40.5 Å². The topological polar surface area (TPSA) is 185 Å². The van der Waals surface area contributed by atoms with Crippen molar-refractivity contribution in [2.75, 3.05) is 6.67 Å². The van der Waals surface area contributed by atoms with Gasteiger partial charge in [0.2, 0.25) is 6.67 Å². The monoisotopic (exact) mass is 266 g/mol. The minimum atomic E-state index is -2.74. The summed E-state index contributed by atoms with van der Waals surface area (Å²) in [4.78, 5) is 42.1. The van der Waals surface area contributed by atoms with Crippen molar-refractivity contribution in [1.82, 2.24) is 20.3 Å². The zero-order valence-corrected chi connectivity index (χ0v) is 8.05. The van der Waals surface area contributed by atoms with E-state index in [1.165, 1.54) is 0 Å². The van der Waals surface area contributed by atoms with Crippen molar-refractivity contribution in [2.45, 2.75) is 5.91 Å². The number of hydrogen-bond acceptors (Lipinski definition) is 8. The van der Waals surface area contributed by atoms with Crippen LogP contribution in [0.25, 0.3) is 0 Å². The second kappa shape index (κ2) is 2.93. The van der Waals surface area contributed by atoms with Gasteiger partial charge in [0, 0.05) is 0 Å². The Labute approximate surface area is 94.6 Å². The van der Waals surface area contributed by atoms with E-state index in [0.29, 0.717) is 0 Å². The van der Waals surface area contributed by atoms with Crippen LogP contribution in [0.3, 0.4) is 0 Å². The molecule has 0 atom stereocenters. The molecule has 2 saturated heterocycles. The molecular weight excluding hydrogens is 264 g/mol. The first-order valence-corrected chi connectivity index (χ1v) is 3.99. The smallest absolute Gasteiger partial charge is 0.234 e. The van der Waals surface area contributed by atoms with Gasteiger partial charge in [-0.15, -0.1) is 0 Å². The molecule has 2 aliphatic rings. The second-order valence-electron chi connectivity index (χ2n) is 3.07. The summed E-state index contributed by atoms with van der Waals surface area (Å²) in [6, 6.07) is 0. The Kier molecular flexibility index (Phi) is 1.84. The van der Waals surface area contributed by atoms with Gasteiger partial charge in [0.1, 0.15) is 10.2 Å². The van der Waals surface area contributed by atoms with Crippen LogP contribution in [0.15, 0.2) is 0 Å². The average molecular weight is 266 g/mol. The molecule has 2 fully saturated rings. The predicted octanol–water partition coefficient (Wildman–Crippen LogP) is -2.53. The number of nitrogens with zero attached hydrogens (tertiary/aromatic N) is 8. The van der Waals surface area contributed by atoms with Crippen molar-refractivity contribution < 1.29 is 20.1 Å². The Morgan fingerprint density at radius 1 is 0.722 bits per heavy atom. The molecule has 0 aliphatic carbocycles. The van der Waals surface area contributed by atoms with Crippen molar-refractivity contribution in [3.63, 3.8) is 0 Å². The molecule has 0 N–H and O–H groups in total. The van der Waals surface area contributed by atoms with Gasteiger partial charge in [0.05, 0.1) is 0 Å². The molecule has 2 heterocycles. The summed E-state index contributed by atoms with van der Waals surface area (Å²) in [5, 5.41) is 36.3. The van der Waals surface area contributed by atoms with Gasteiger partial charge in [-0.3, -0.25) is 0 Å². The number of nitro groups is 4. The Morgan fingerprint density at radius 2 is 1.06 bits per heavy atom. The van der Waals surface area contributed by atoms with Gasteiger partial charge in [0.25, 0.3) is 0 Å². The van der Waals surface area contributed by atoms with E-state index in [2.05, 4.69) is 0 Å². The van der Waals surface area contributed by atoms with Crippen molar-refractivity contribution in [3.8, 4) is 0 Å². The third kappa shape index (κ3) is 0.973. The van der Waals surface area contributed by atoms with Crippen molar-refractivity contribution in [2.24, 2.45) is 0 Å². The lowest BCUT2D eigenvalue weighted by Crippen LogP contribution is -2.73. The summed E-state index contributed by atoms with van der Waals surface area (Å²) in [6.07, 6.45) is 0. The molecule has 18 heavy (non-hydrogen) atoms. The standard InChI is InChI=1S/C2H2N8O8/c11-7(12)3-1-4(8(13)14)2(3)5(9(15)16)6(2)10(17)18/h1H2. The van der Waals surface area contributed by atoms with E-state index in [4.69, 9.17) is 0 Å². The Balaban J connectivity index is 2.42. The molecule has 0 saturated carbocycles. The lowest BCUT2D eigenvalue weighted by atomic mass is 10.5. The van der Waals surface area contributed by atoms with Crippen LogP contribution in [0.1, 0.15) is 0 Å². The highest BCUT2D eigenvalue weighted by molar-refractivity contribution is 4.92. The van der Waals surface area contributed by atoms with Crippen LogP contribution in [-0.4, -0.2) is 53.0 Å². The van der Waals surface area contributed by atoms with Crippen LogP contribution < -0.4 is 0 Å². The Bertz CT molecular complexity index is 432. The number of hydrazine groups is 5. The quantitative estimate of drug-likeness (QED) is 0.295. The van der Waals surface area contributed by atoms with Crippen LogP contribution >= 0.6 is 0 Å². The first kappa shape index (κ1) is 11.3. The number of rotatable bonds is 4. The van der Waals surface area contributed by atoms with Crippen LogP contribution in [0.4, 0.5) is 0 Å². The van der Waals surface area contributed by atoms with E-state index >= 15 is 0 Å². The van der Waals surface area contributed by atoms with Gasteiger partial charge in [0.15, 0.2) is 20.1 Å². The number of hydrogen-bond donors (Lipinski definition) is 0. The summed E-state index contributed by atoms with van der Waals surface area (Å²) < 4.78 is 0. The van der Waals surface area contributed by atoms with E-state index in [1.807, 2.05) is 0 Å². The summed E-state index contributed by atoms with van der Waals surface area (Å²) in [6.45, 7) is -0.922. The van der Waals surface area contributed by atoms with Gasteiger partial charge in [-0.05, 0) is 10.0 Å². The highest BCUT2D eigenvalue weighted by Gasteiger charge is 3.00. The van der Waals surface area contributed by atoms with E-state index in [1.54, 1.807) is 0 Å². The Morgan fingerprint density at radius 3 is 1.28 bits per heavy atom.